The van der Waals surface area contributed by atoms with Crippen LogP contribution in [0.2, 0.25) is 0 Å². The van der Waals surface area contributed by atoms with Crippen LogP contribution < -0.4 is 15.9 Å². The molecule has 0 aromatic heterocycles. The van der Waals surface area contributed by atoms with E-state index in [4.69, 9.17) is 0 Å². The van der Waals surface area contributed by atoms with Crippen molar-refractivity contribution in [1.82, 2.24) is 5.32 Å². The molecule has 0 spiro atoms. The van der Waals surface area contributed by atoms with Gasteiger partial charge in [-0.05, 0) is 22.8 Å². The van der Waals surface area contributed by atoms with Crippen molar-refractivity contribution in [2.75, 3.05) is 0 Å². The molecule has 0 radical (unpaired) electrons. The molecule has 0 unspecified atom stereocenters. The van der Waals surface area contributed by atoms with Crippen LogP contribution in [0, 0.1) is 0 Å². The number of nitrogens with one attached hydrogen (secondary N) is 1. The van der Waals surface area contributed by atoms with Gasteiger partial charge in [0.25, 0.3) is 5.65 Å². The zero-order valence-corrected chi connectivity index (χ0v) is 12.3. The van der Waals surface area contributed by atoms with Crippen LogP contribution in [-0.2, 0) is 0 Å². The van der Waals surface area contributed by atoms with E-state index in [9.17, 15) is 4.79 Å². The van der Waals surface area contributed by atoms with Gasteiger partial charge in [0.1, 0.15) is 0 Å². The first kappa shape index (κ1) is 13.6. The molecule has 102 valence electrons. The van der Waals surface area contributed by atoms with E-state index >= 15 is 0 Å². The van der Waals surface area contributed by atoms with E-state index in [1.165, 1.54) is 0 Å². The molecule has 2 nitrogen and oxygen atoms in total. The largest absolute Gasteiger partial charge is 0.315 e. The van der Waals surface area contributed by atoms with E-state index in [1.54, 1.807) is 6.08 Å². The zero-order valence-electron chi connectivity index (χ0n) is 11.4. The number of carbonyl (C=O) groups is 1. The van der Waals surface area contributed by atoms with Gasteiger partial charge in [-0.25, -0.2) is 0 Å². The predicted octanol–water partition coefficient (Wildman–Crippen LogP) is 3.44. The lowest BCUT2D eigenvalue weighted by Crippen LogP contribution is -2.26. The van der Waals surface area contributed by atoms with Crippen molar-refractivity contribution in [2.45, 2.75) is 0 Å². The van der Waals surface area contributed by atoms with Crippen LogP contribution in [-0.4, -0.2) is 5.65 Å². The lowest BCUT2D eigenvalue weighted by molar-refractivity contribution is 0.262. The first-order chi connectivity index (χ1) is 10.3. The van der Waals surface area contributed by atoms with Crippen molar-refractivity contribution in [2.24, 2.45) is 0 Å². The van der Waals surface area contributed by atoms with Gasteiger partial charge >= 0.3 is 0 Å². The van der Waals surface area contributed by atoms with Crippen molar-refractivity contribution in [3.63, 3.8) is 0 Å². The summed E-state index contributed by atoms with van der Waals surface area (Å²) in [5, 5.41) is 5.04. The maximum Gasteiger partial charge on any atom is 0.254 e. The zero-order chi connectivity index (χ0) is 14.5. The molecule has 1 N–H and O–H groups in total. The average Bonchev–Trinajstić information content (AvgIpc) is 3.02. The molecule has 0 aliphatic heterocycles. The van der Waals surface area contributed by atoms with Gasteiger partial charge in [-0.3, -0.25) is 4.79 Å². The average molecular weight is 291 g/mol. The first-order valence-corrected chi connectivity index (χ1v) is 8.03. The Morgan fingerprint density at radius 3 is 1.95 bits per heavy atom. The topological polar surface area (TPSA) is 29.1 Å². The van der Waals surface area contributed by atoms with E-state index in [-0.39, 0.29) is 5.65 Å². The second kappa shape index (κ2) is 6.37. The van der Waals surface area contributed by atoms with Crippen LogP contribution >= 0.6 is 7.92 Å². The summed E-state index contributed by atoms with van der Waals surface area (Å²) < 4.78 is 0. The molecule has 1 amide bonds. The van der Waals surface area contributed by atoms with Crippen LogP contribution in [0.15, 0.2) is 90.3 Å². The van der Waals surface area contributed by atoms with Crippen molar-refractivity contribution in [3.05, 3.63) is 90.3 Å². The second-order valence-corrected chi connectivity index (χ2v) is 6.63. The van der Waals surface area contributed by atoms with Gasteiger partial charge in [0.15, 0.2) is 0 Å². The highest BCUT2D eigenvalue weighted by molar-refractivity contribution is 7.87. The molecule has 0 atom stereocenters. The van der Waals surface area contributed by atoms with Gasteiger partial charge in [0, 0.05) is 0 Å². The monoisotopic (exact) mass is 291 g/mol. The van der Waals surface area contributed by atoms with Crippen LogP contribution in [0.1, 0.15) is 0 Å². The van der Waals surface area contributed by atoms with Crippen molar-refractivity contribution in [1.29, 1.82) is 0 Å². The SMILES string of the molecule is O=C(NC1=C=CC=C1)P(c1ccccc1)c1ccccc1. The molecule has 3 heteroatoms. The summed E-state index contributed by atoms with van der Waals surface area (Å²) in [5.41, 5.74) is 3.74. The Hall–Kier alpha value is -2.40. The summed E-state index contributed by atoms with van der Waals surface area (Å²) in [6.45, 7) is 0. The molecule has 21 heavy (non-hydrogen) atoms. The molecule has 3 rings (SSSR count). The van der Waals surface area contributed by atoms with Crippen LogP contribution in [0.25, 0.3) is 0 Å². The summed E-state index contributed by atoms with van der Waals surface area (Å²) in [7, 11) is -1.09. The van der Waals surface area contributed by atoms with Crippen LogP contribution in [0.4, 0.5) is 4.79 Å². The molecule has 2 aromatic rings. The number of amides is 1. The minimum atomic E-state index is -1.09. The molecule has 0 bridgehead atoms. The Kier molecular flexibility index (Phi) is 4.12. The number of hydrogen-bond acceptors (Lipinski definition) is 1. The summed E-state index contributed by atoms with van der Waals surface area (Å²) in [6.07, 6.45) is 5.51. The fourth-order valence-corrected chi connectivity index (χ4v) is 4.06. The third-order valence-electron chi connectivity index (χ3n) is 3.07. The summed E-state index contributed by atoms with van der Waals surface area (Å²) in [6, 6.07) is 19.8. The molecule has 0 saturated carbocycles. The normalized spacial score (nSPS) is 12.5. The van der Waals surface area contributed by atoms with E-state index in [1.807, 2.05) is 72.8 Å². The van der Waals surface area contributed by atoms with Gasteiger partial charge in [0.05, 0.1) is 13.6 Å². The third kappa shape index (κ3) is 3.20. The van der Waals surface area contributed by atoms with Crippen molar-refractivity contribution < 1.29 is 4.79 Å². The predicted molar refractivity (Wildman–Crippen MR) is 88.3 cm³/mol. The Balaban J connectivity index is 1.94. The third-order valence-corrected chi connectivity index (χ3v) is 5.22. The van der Waals surface area contributed by atoms with Crippen molar-refractivity contribution >= 4 is 24.2 Å². The Labute approximate surface area is 125 Å². The fourth-order valence-electron chi connectivity index (χ4n) is 2.12. The van der Waals surface area contributed by atoms with Crippen LogP contribution in [0.5, 0.6) is 0 Å². The maximum atomic E-state index is 12.7. The summed E-state index contributed by atoms with van der Waals surface area (Å²) >= 11 is 0. The van der Waals surface area contributed by atoms with Gasteiger partial charge in [-0.1, -0.05) is 72.5 Å². The Morgan fingerprint density at radius 1 is 0.905 bits per heavy atom. The number of allylic oxidation sites excluding steroid dienone is 2. The highest BCUT2D eigenvalue weighted by atomic mass is 31.1. The Morgan fingerprint density at radius 2 is 1.48 bits per heavy atom. The molecule has 1 aliphatic rings. The van der Waals surface area contributed by atoms with Gasteiger partial charge in [-0.2, -0.15) is 0 Å². The minimum Gasteiger partial charge on any atom is -0.315 e. The van der Waals surface area contributed by atoms with Crippen LogP contribution in [0.3, 0.4) is 0 Å². The molecular weight excluding hydrogens is 277 g/mol. The van der Waals surface area contributed by atoms with E-state index in [0.29, 0.717) is 0 Å². The van der Waals surface area contributed by atoms with Gasteiger partial charge < -0.3 is 5.32 Å². The number of carbonyl (C=O) groups excluding carboxylic acids is 1. The van der Waals surface area contributed by atoms with E-state index in [2.05, 4.69) is 11.0 Å². The number of rotatable bonds is 4. The lowest BCUT2D eigenvalue weighted by atomic mass is 10.4. The number of hydrogen-bond donors (Lipinski definition) is 1. The highest BCUT2D eigenvalue weighted by Crippen LogP contribution is 2.34. The smallest absolute Gasteiger partial charge is 0.254 e. The van der Waals surface area contributed by atoms with E-state index in [0.717, 1.165) is 16.3 Å². The second-order valence-electron chi connectivity index (χ2n) is 4.52. The maximum absolute atomic E-state index is 12.7. The quantitative estimate of drug-likeness (QED) is 0.678. The minimum absolute atomic E-state index is 0.0184. The molecular formula is C18H14NOP. The summed E-state index contributed by atoms with van der Waals surface area (Å²) in [5.74, 6) is 0. The first-order valence-electron chi connectivity index (χ1n) is 6.69. The Bertz CT molecular complexity index is 689. The van der Waals surface area contributed by atoms with E-state index < -0.39 is 7.92 Å². The molecule has 2 aromatic carbocycles. The van der Waals surface area contributed by atoms with Crippen molar-refractivity contribution in [3.8, 4) is 0 Å². The molecule has 0 saturated heterocycles. The fraction of sp³-hybridized carbons (Fsp3) is 0. The standard InChI is InChI=1S/C18H14NOP/c20-18(19-15-9-7-8-10-15)21(16-11-3-1-4-12-16)17-13-5-2-6-14-17/h1-9,11-14H,(H,19,20). The van der Waals surface area contributed by atoms with Gasteiger partial charge in [-0.15, -0.1) is 0 Å². The van der Waals surface area contributed by atoms with Gasteiger partial charge in [0.2, 0.25) is 0 Å². The number of benzene rings is 2. The molecule has 0 heterocycles. The highest BCUT2D eigenvalue weighted by Gasteiger charge is 2.22. The molecule has 0 fully saturated rings. The lowest BCUT2D eigenvalue weighted by Gasteiger charge is -2.17. The summed E-state index contributed by atoms with van der Waals surface area (Å²) in [4.78, 5) is 12.7. The molecule has 1 aliphatic carbocycles.